The van der Waals surface area contributed by atoms with E-state index in [-0.39, 0.29) is 0 Å². The van der Waals surface area contributed by atoms with E-state index in [4.69, 9.17) is 23.2 Å². The Balaban J connectivity index is 1.80. The molecule has 4 rings (SSSR count). The second-order valence-electron chi connectivity index (χ2n) is 7.16. The van der Waals surface area contributed by atoms with Crippen molar-refractivity contribution in [2.75, 3.05) is 0 Å². The molecule has 4 aromatic rings. The number of benzene rings is 4. The van der Waals surface area contributed by atoms with Crippen LogP contribution in [0.2, 0.25) is 10.0 Å². The molecule has 0 fully saturated rings. The van der Waals surface area contributed by atoms with E-state index in [1.807, 2.05) is 109 Å². The summed E-state index contributed by atoms with van der Waals surface area (Å²) in [5.74, 6) is 0. The average Bonchev–Trinajstić information content (AvgIpc) is 2.88. The maximum absolute atomic E-state index is 6.26. The van der Waals surface area contributed by atoms with Crippen molar-refractivity contribution < 1.29 is 0 Å². The number of hydrogen-bond acceptors (Lipinski definition) is 4. The van der Waals surface area contributed by atoms with E-state index in [1.165, 1.54) is 0 Å². The monoisotopic (exact) mass is 482 g/mol. The van der Waals surface area contributed by atoms with Crippen molar-refractivity contribution in [2.24, 2.45) is 20.4 Å². The molecule has 0 bridgehead atoms. The lowest BCUT2D eigenvalue weighted by atomic mass is 10.00. The van der Waals surface area contributed by atoms with Gasteiger partial charge in [0.2, 0.25) is 0 Å². The van der Waals surface area contributed by atoms with Gasteiger partial charge in [0, 0.05) is 32.3 Å². The van der Waals surface area contributed by atoms with E-state index in [1.54, 1.807) is 12.4 Å². The van der Waals surface area contributed by atoms with Crippen molar-refractivity contribution in [3.8, 4) is 0 Å². The quantitative estimate of drug-likeness (QED) is 0.195. The molecule has 0 aromatic heterocycles. The van der Waals surface area contributed by atoms with Crippen molar-refractivity contribution in [3.05, 3.63) is 141 Å². The van der Waals surface area contributed by atoms with Crippen LogP contribution in [-0.2, 0) is 0 Å². The summed E-state index contributed by atoms with van der Waals surface area (Å²) in [6.07, 6.45) is 3.25. The topological polar surface area (TPSA) is 49.4 Å². The van der Waals surface area contributed by atoms with Gasteiger partial charge >= 0.3 is 0 Å². The first-order valence-corrected chi connectivity index (χ1v) is 11.3. The van der Waals surface area contributed by atoms with Gasteiger partial charge in [-0.1, -0.05) is 120 Å². The highest BCUT2D eigenvalue weighted by Gasteiger charge is 2.15. The average molecular weight is 483 g/mol. The molecule has 166 valence electrons. The summed E-state index contributed by atoms with van der Waals surface area (Å²) in [4.78, 5) is 0. The van der Waals surface area contributed by atoms with Crippen LogP contribution < -0.4 is 0 Å². The Morgan fingerprint density at radius 2 is 0.824 bits per heavy atom. The van der Waals surface area contributed by atoms with Gasteiger partial charge in [0.05, 0.1) is 12.4 Å². The van der Waals surface area contributed by atoms with Crippen LogP contribution in [0, 0.1) is 0 Å². The highest BCUT2D eigenvalue weighted by atomic mass is 35.5. The first-order valence-electron chi connectivity index (χ1n) is 10.5. The Morgan fingerprint density at radius 3 is 1.21 bits per heavy atom. The van der Waals surface area contributed by atoms with E-state index in [9.17, 15) is 0 Å². The van der Waals surface area contributed by atoms with Gasteiger partial charge in [0.1, 0.15) is 11.4 Å². The smallest absolute Gasteiger partial charge is 0.121 e. The molecule has 0 atom stereocenters. The molecule has 34 heavy (non-hydrogen) atoms. The highest BCUT2D eigenvalue weighted by molar-refractivity contribution is 6.53. The first kappa shape index (κ1) is 23.3. The van der Waals surface area contributed by atoms with Crippen molar-refractivity contribution in [3.63, 3.8) is 0 Å². The summed E-state index contributed by atoms with van der Waals surface area (Å²) < 4.78 is 0. The fourth-order valence-corrected chi connectivity index (χ4v) is 3.50. The molecule has 0 N–H and O–H groups in total. The lowest BCUT2D eigenvalue weighted by Crippen LogP contribution is -2.17. The summed E-state index contributed by atoms with van der Waals surface area (Å²) in [6.45, 7) is 0. The normalized spacial score (nSPS) is 12.5. The fourth-order valence-electron chi connectivity index (χ4n) is 3.13. The molecule has 0 saturated heterocycles. The summed E-state index contributed by atoms with van der Waals surface area (Å²) in [7, 11) is 0. The van der Waals surface area contributed by atoms with Crippen LogP contribution in [-0.4, -0.2) is 23.9 Å². The highest BCUT2D eigenvalue weighted by Crippen LogP contribution is 2.15. The van der Waals surface area contributed by atoms with Gasteiger partial charge in [0.25, 0.3) is 0 Å². The van der Waals surface area contributed by atoms with Crippen LogP contribution in [0.3, 0.4) is 0 Å². The van der Waals surface area contributed by atoms with Gasteiger partial charge in [-0.05, 0) is 12.1 Å². The Bertz CT molecular complexity index is 1250. The standard InChI is InChI=1S/C28H20Cl2N4/c29-25-17-9-7-15-23(25)19-31-33-27(21-11-3-1-4-12-21)28(22-13-5-2-6-14-22)34-32-20-24-16-8-10-18-26(24)30/h1-20H/b31-19+,32-20+,33-27-,34-28-. The van der Waals surface area contributed by atoms with Crippen LogP contribution in [0.4, 0.5) is 0 Å². The second-order valence-corrected chi connectivity index (χ2v) is 7.98. The van der Waals surface area contributed by atoms with E-state index in [2.05, 4.69) is 20.4 Å². The van der Waals surface area contributed by atoms with Crippen molar-refractivity contribution in [1.82, 2.24) is 0 Å². The van der Waals surface area contributed by atoms with Gasteiger partial charge in [-0.2, -0.15) is 10.2 Å². The summed E-state index contributed by atoms with van der Waals surface area (Å²) in [6, 6.07) is 34.4. The Kier molecular flexibility index (Phi) is 8.12. The zero-order valence-electron chi connectivity index (χ0n) is 18.1. The Morgan fingerprint density at radius 1 is 0.471 bits per heavy atom. The zero-order valence-corrected chi connectivity index (χ0v) is 19.6. The Hall–Kier alpha value is -3.86. The lowest BCUT2D eigenvalue weighted by Gasteiger charge is -2.08. The molecule has 0 aliphatic rings. The van der Waals surface area contributed by atoms with Crippen molar-refractivity contribution in [1.29, 1.82) is 0 Å². The van der Waals surface area contributed by atoms with Crippen LogP contribution in [0.5, 0.6) is 0 Å². The van der Waals surface area contributed by atoms with Crippen molar-refractivity contribution in [2.45, 2.75) is 0 Å². The zero-order chi connectivity index (χ0) is 23.6. The largest absolute Gasteiger partial charge is 0.158 e. The first-order chi connectivity index (χ1) is 16.7. The molecule has 0 saturated carbocycles. The minimum atomic E-state index is 0.575. The third kappa shape index (κ3) is 6.13. The van der Waals surface area contributed by atoms with E-state index in [0.717, 1.165) is 22.3 Å². The second kappa shape index (κ2) is 11.8. The van der Waals surface area contributed by atoms with Crippen molar-refractivity contribution >= 4 is 47.1 Å². The molecular formula is C28H20Cl2N4. The van der Waals surface area contributed by atoms with Crippen LogP contribution in [0.1, 0.15) is 22.3 Å². The molecular weight excluding hydrogens is 463 g/mol. The number of rotatable bonds is 7. The molecule has 0 radical (unpaired) electrons. The predicted octanol–water partition coefficient (Wildman–Crippen LogP) is 7.34. The molecule has 0 aliphatic heterocycles. The molecule has 4 aromatic carbocycles. The number of nitrogens with zero attached hydrogens (tertiary/aromatic N) is 4. The SMILES string of the molecule is Clc1ccccc1/C=N/N=C(\C(=N/N=C/c1ccccc1Cl)c1ccccc1)c1ccccc1. The molecule has 0 spiro atoms. The lowest BCUT2D eigenvalue weighted by molar-refractivity contribution is 1.23. The Labute approximate surface area is 208 Å². The number of hydrogen-bond donors (Lipinski definition) is 0. The van der Waals surface area contributed by atoms with Gasteiger partial charge in [0.15, 0.2) is 0 Å². The van der Waals surface area contributed by atoms with Gasteiger partial charge in [-0.25, -0.2) is 0 Å². The summed E-state index contributed by atoms with van der Waals surface area (Å²) >= 11 is 12.5. The van der Waals surface area contributed by atoms with E-state index >= 15 is 0 Å². The molecule has 0 unspecified atom stereocenters. The maximum Gasteiger partial charge on any atom is 0.121 e. The third-order valence-corrected chi connectivity index (χ3v) is 5.53. The molecule has 4 nitrogen and oxygen atoms in total. The van der Waals surface area contributed by atoms with Gasteiger partial charge < -0.3 is 0 Å². The molecule has 6 heteroatoms. The van der Waals surface area contributed by atoms with Gasteiger partial charge in [-0.15, -0.1) is 10.2 Å². The van der Waals surface area contributed by atoms with Crippen LogP contribution in [0.25, 0.3) is 0 Å². The maximum atomic E-state index is 6.26. The molecule has 0 amide bonds. The van der Waals surface area contributed by atoms with E-state index in [0.29, 0.717) is 21.5 Å². The van der Waals surface area contributed by atoms with Crippen LogP contribution >= 0.6 is 23.2 Å². The minimum absolute atomic E-state index is 0.575. The predicted molar refractivity (Wildman–Crippen MR) is 144 cm³/mol. The third-order valence-electron chi connectivity index (χ3n) is 4.84. The molecule has 0 aliphatic carbocycles. The minimum Gasteiger partial charge on any atom is -0.158 e. The summed E-state index contributed by atoms with van der Waals surface area (Å²) in [5.41, 5.74) is 4.41. The fraction of sp³-hybridized carbons (Fsp3) is 0. The van der Waals surface area contributed by atoms with E-state index < -0.39 is 0 Å². The van der Waals surface area contributed by atoms with Gasteiger partial charge in [-0.3, -0.25) is 0 Å². The van der Waals surface area contributed by atoms with Crippen LogP contribution in [0.15, 0.2) is 130 Å². The number of halogens is 2. The molecule has 0 heterocycles. The summed E-state index contributed by atoms with van der Waals surface area (Å²) in [5, 5.41) is 19.0.